The molecule has 0 spiro atoms. The van der Waals surface area contributed by atoms with E-state index in [9.17, 15) is 30.0 Å². The maximum Gasteiger partial charge on any atom is 0.306 e. The molecule has 0 aliphatic carbocycles. The highest BCUT2D eigenvalue weighted by molar-refractivity contribution is 5.70. The number of aliphatic hydroxyl groups is 4. The van der Waals surface area contributed by atoms with Gasteiger partial charge < -0.3 is 39.4 Å². The number of hydrogen-bond donors (Lipinski definition) is 4. The third kappa shape index (κ3) is 35.4. The monoisotopic (exact) mass is 909 g/mol. The van der Waals surface area contributed by atoms with E-state index >= 15 is 0 Å². The zero-order chi connectivity index (χ0) is 46.6. The van der Waals surface area contributed by atoms with Crippen molar-refractivity contribution in [3.05, 3.63) is 24.3 Å². The second kappa shape index (κ2) is 45.0. The first-order valence-corrected chi connectivity index (χ1v) is 26.9. The van der Waals surface area contributed by atoms with E-state index in [0.29, 0.717) is 6.42 Å². The van der Waals surface area contributed by atoms with E-state index in [1.54, 1.807) is 0 Å². The summed E-state index contributed by atoms with van der Waals surface area (Å²) in [5.74, 6) is -0.806. The molecule has 6 unspecified atom stereocenters. The van der Waals surface area contributed by atoms with Crippen molar-refractivity contribution >= 4 is 11.9 Å². The largest absolute Gasteiger partial charge is 0.462 e. The Balaban J connectivity index is 2.23. The van der Waals surface area contributed by atoms with Gasteiger partial charge in [-0.2, -0.15) is 0 Å². The van der Waals surface area contributed by atoms with Crippen molar-refractivity contribution in [3.8, 4) is 0 Å². The SMILES string of the molecule is CCCCCCCCC/C=C\CCCCCCCC(=O)OCC(COC1OC(CO)C(O)C(O)C1O)OC(=O)CCCCCCCCCCCCC/C=C\CCCCCCCCCC. The van der Waals surface area contributed by atoms with Crippen molar-refractivity contribution < 1.29 is 49.0 Å². The number of aliphatic hydroxyl groups excluding tert-OH is 4. The fourth-order valence-electron chi connectivity index (χ4n) is 8.30. The molecule has 0 aromatic carbocycles. The van der Waals surface area contributed by atoms with Crippen LogP contribution in [0.4, 0.5) is 0 Å². The van der Waals surface area contributed by atoms with Crippen molar-refractivity contribution in [3.63, 3.8) is 0 Å². The topological polar surface area (TPSA) is 152 Å². The Morgan fingerprint density at radius 3 is 1.22 bits per heavy atom. The summed E-state index contributed by atoms with van der Waals surface area (Å²) in [5.41, 5.74) is 0. The lowest BCUT2D eigenvalue weighted by molar-refractivity contribution is -0.305. The summed E-state index contributed by atoms with van der Waals surface area (Å²) >= 11 is 0. The highest BCUT2D eigenvalue weighted by Gasteiger charge is 2.44. The zero-order valence-corrected chi connectivity index (χ0v) is 41.3. The second-order valence-electron chi connectivity index (χ2n) is 18.7. The van der Waals surface area contributed by atoms with Gasteiger partial charge in [-0.25, -0.2) is 0 Å². The van der Waals surface area contributed by atoms with Gasteiger partial charge in [-0.1, -0.05) is 199 Å². The molecule has 376 valence electrons. The summed E-state index contributed by atoms with van der Waals surface area (Å²) in [6.07, 6.45) is 44.7. The van der Waals surface area contributed by atoms with Crippen LogP contribution in [0.3, 0.4) is 0 Å². The summed E-state index contributed by atoms with van der Waals surface area (Å²) in [6, 6.07) is 0. The molecule has 1 aliphatic rings. The molecule has 1 saturated heterocycles. The number of carbonyl (C=O) groups excluding carboxylic acids is 2. The van der Waals surface area contributed by atoms with E-state index in [1.807, 2.05) is 0 Å². The van der Waals surface area contributed by atoms with Crippen LogP contribution in [0, 0.1) is 0 Å². The summed E-state index contributed by atoms with van der Waals surface area (Å²) in [7, 11) is 0. The molecule has 6 atom stereocenters. The minimum absolute atomic E-state index is 0.219. The van der Waals surface area contributed by atoms with Crippen molar-refractivity contribution in [2.45, 2.75) is 288 Å². The lowest BCUT2D eigenvalue weighted by atomic mass is 9.99. The van der Waals surface area contributed by atoms with Crippen LogP contribution in [0.2, 0.25) is 0 Å². The number of esters is 2. The molecule has 0 saturated carbocycles. The Morgan fingerprint density at radius 1 is 0.469 bits per heavy atom. The highest BCUT2D eigenvalue weighted by atomic mass is 16.7. The van der Waals surface area contributed by atoms with Gasteiger partial charge in [-0.15, -0.1) is 0 Å². The van der Waals surface area contributed by atoms with E-state index in [2.05, 4.69) is 38.2 Å². The number of hydrogen-bond acceptors (Lipinski definition) is 10. The zero-order valence-electron chi connectivity index (χ0n) is 41.3. The molecule has 1 aliphatic heterocycles. The van der Waals surface area contributed by atoms with Gasteiger partial charge in [0, 0.05) is 12.8 Å². The first-order chi connectivity index (χ1) is 31.3. The van der Waals surface area contributed by atoms with Gasteiger partial charge in [-0.3, -0.25) is 9.59 Å². The molecule has 0 aromatic heterocycles. The van der Waals surface area contributed by atoms with Crippen LogP contribution < -0.4 is 0 Å². The normalized spacial score (nSPS) is 19.5. The Hall–Kier alpha value is -1.82. The minimum atomic E-state index is -1.59. The van der Waals surface area contributed by atoms with Crippen molar-refractivity contribution in [1.82, 2.24) is 0 Å². The molecule has 0 bridgehead atoms. The predicted octanol–water partition coefficient (Wildman–Crippen LogP) is 12.8. The Bertz CT molecular complexity index is 1100. The maximum absolute atomic E-state index is 12.8. The van der Waals surface area contributed by atoms with Crippen molar-refractivity contribution in [2.75, 3.05) is 19.8 Å². The lowest BCUT2D eigenvalue weighted by Gasteiger charge is -2.39. The summed E-state index contributed by atoms with van der Waals surface area (Å²) < 4.78 is 22.3. The van der Waals surface area contributed by atoms with Gasteiger partial charge in [0.05, 0.1) is 13.2 Å². The molecular weight excluding hydrogens is 809 g/mol. The van der Waals surface area contributed by atoms with Gasteiger partial charge in [0.25, 0.3) is 0 Å². The fraction of sp³-hybridized carbons (Fsp3) is 0.889. The van der Waals surface area contributed by atoms with E-state index < -0.39 is 49.4 Å². The number of carbonyl (C=O) groups is 2. The van der Waals surface area contributed by atoms with Gasteiger partial charge in [0.1, 0.15) is 31.0 Å². The molecule has 1 heterocycles. The van der Waals surface area contributed by atoms with Gasteiger partial charge in [0.2, 0.25) is 0 Å². The van der Waals surface area contributed by atoms with Crippen LogP contribution in [-0.2, 0) is 28.5 Å². The number of allylic oxidation sites excluding steroid dienone is 4. The first-order valence-electron chi connectivity index (χ1n) is 26.9. The Morgan fingerprint density at radius 2 is 0.828 bits per heavy atom. The molecule has 10 nitrogen and oxygen atoms in total. The van der Waals surface area contributed by atoms with Crippen LogP contribution in [-0.4, -0.2) is 89.0 Å². The minimum Gasteiger partial charge on any atom is -0.462 e. The van der Waals surface area contributed by atoms with Crippen molar-refractivity contribution in [1.29, 1.82) is 0 Å². The van der Waals surface area contributed by atoms with E-state index in [0.717, 1.165) is 57.8 Å². The third-order valence-corrected chi connectivity index (χ3v) is 12.6. The maximum atomic E-state index is 12.8. The average Bonchev–Trinajstić information content (AvgIpc) is 3.29. The van der Waals surface area contributed by atoms with Gasteiger partial charge in [0.15, 0.2) is 12.4 Å². The average molecular weight is 909 g/mol. The van der Waals surface area contributed by atoms with E-state index in [4.69, 9.17) is 18.9 Å². The molecule has 0 amide bonds. The summed E-state index contributed by atoms with van der Waals surface area (Å²) in [5, 5.41) is 40.2. The molecule has 1 rings (SSSR count). The summed E-state index contributed by atoms with van der Waals surface area (Å²) in [4.78, 5) is 25.5. The number of rotatable bonds is 46. The molecular formula is C54H100O10. The Labute approximate surface area is 392 Å². The molecule has 4 N–H and O–H groups in total. The second-order valence-corrected chi connectivity index (χ2v) is 18.7. The standard InChI is InChI=1S/C54H100O10/c1-3-5-7-9-11-13-15-17-19-21-22-23-24-25-26-27-29-31-33-35-37-39-41-43-50(57)63-47(46-62-54-53(60)52(59)51(58)48(44-55)64-54)45-61-49(56)42-40-38-36-34-32-30-28-20-18-16-14-12-10-8-6-4-2/h20-22,28,47-48,51-55,58-60H,3-19,23-27,29-46H2,1-2H3/b22-21-,28-20-. The highest BCUT2D eigenvalue weighted by Crippen LogP contribution is 2.23. The molecule has 0 radical (unpaired) electrons. The number of ether oxygens (including phenoxy) is 4. The Kier molecular flexibility index (Phi) is 42.3. The molecule has 0 aromatic rings. The van der Waals surface area contributed by atoms with Gasteiger partial charge >= 0.3 is 11.9 Å². The van der Waals surface area contributed by atoms with Crippen LogP contribution in [0.5, 0.6) is 0 Å². The number of unbranched alkanes of at least 4 members (excludes halogenated alkanes) is 31. The van der Waals surface area contributed by atoms with E-state index in [-0.39, 0.29) is 32.0 Å². The van der Waals surface area contributed by atoms with Crippen LogP contribution in [0.25, 0.3) is 0 Å². The smallest absolute Gasteiger partial charge is 0.306 e. The first kappa shape index (κ1) is 60.2. The van der Waals surface area contributed by atoms with Crippen molar-refractivity contribution in [2.24, 2.45) is 0 Å². The molecule has 10 heteroatoms. The quantitative estimate of drug-likeness (QED) is 0.0264. The van der Waals surface area contributed by atoms with Gasteiger partial charge in [-0.05, 0) is 64.2 Å². The molecule has 1 fully saturated rings. The lowest BCUT2D eigenvalue weighted by Crippen LogP contribution is -2.59. The van der Waals surface area contributed by atoms with Crippen LogP contribution >= 0.6 is 0 Å². The molecule has 64 heavy (non-hydrogen) atoms. The summed E-state index contributed by atoms with van der Waals surface area (Å²) in [6.45, 7) is 3.45. The third-order valence-electron chi connectivity index (χ3n) is 12.6. The van der Waals surface area contributed by atoms with E-state index in [1.165, 1.54) is 161 Å². The van der Waals surface area contributed by atoms with Crippen LogP contribution in [0.15, 0.2) is 24.3 Å². The predicted molar refractivity (Wildman–Crippen MR) is 261 cm³/mol. The fourth-order valence-corrected chi connectivity index (χ4v) is 8.30. The van der Waals surface area contributed by atoms with Crippen LogP contribution in [0.1, 0.15) is 251 Å².